The van der Waals surface area contributed by atoms with E-state index in [2.05, 4.69) is 4.57 Å². The van der Waals surface area contributed by atoms with Gasteiger partial charge < -0.3 is 23.8 Å². The maximum absolute atomic E-state index is 13.7. The van der Waals surface area contributed by atoms with Gasteiger partial charge in [-0.05, 0) is 42.5 Å². The average molecular weight is 516 g/mol. The van der Waals surface area contributed by atoms with Gasteiger partial charge in [-0.1, -0.05) is 18.2 Å². The van der Waals surface area contributed by atoms with Crippen LogP contribution in [0.25, 0.3) is 0 Å². The lowest BCUT2D eigenvalue weighted by atomic mass is 9.98. The van der Waals surface area contributed by atoms with Gasteiger partial charge >= 0.3 is 6.18 Å². The summed E-state index contributed by atoms with van der Waals surface area (Å²) in [6.07, 6.45) is -2.55. The number of nitrogens with zero attached hydrogens (tertiary/aromatic N) is 3. The van der Waals surface area contributed by atoms with Crippen LogP contribution in [0.3, 0.4) is 0 Å². The summed E-state index contributed by atoms with van der Waals surface area (Å²) in [7, 11) is 3.04. The van der Waals surface area contributed by atoms with Crippen molar-refractivity contribution in [1.82, 2.24) is 14.4 Å². The molecular formula is C27H28F3N3O4. The van der Waals surface area contributed by atoms with Crippen molar-refractivity contribution in [2.24, 2.45) is 0 Å². The van der Waals surface area contributed by atoms with Crippen molar-refractivity contribution in [2.45, 2.75) is 18.8 Å². The molecule has 1 aromatic heterocycles. The third-order valence-corrected chi connectivity index (χ3v) is 6.43. The van der Waals surface area contributed by atoms with Gasteiger partial charge in [-0.3, -0.25) is 9.59 Å². The van der Waals surface area contributed by atoms with Gasteiger partial charge in [-0.25, -0.2) is 0 Å². The zero-order chi connectivity index (χ0) is 26.6. The number of ether oxygens (including phenoxy) is 2. The molecule has 4 rings (SSSR count). The molecule has 2 heterocycles. The molecule has 0 N–H and O–H groups in total. The molecule has 37 heavy (non-hydrogen) atoms. The number of hydrogen-bond donors (Lipinski definition) is 0. The number of hydrogen-bond acceptors (Lipinski definition) is 4. The van der Waals surface area contributed by atoms with E-state index < -0.39 is 23.7 Å². The molecule has 3 aromatic rings. The van der Waals surface area contributed by atoms with Crippen LogP contribution in [0.15, 0.2) is 66.9 Å². The normalized spacial score (nSPS) is 15.3. The molecule has 1 aliphatic rings. The molecule has 7 nitrogen and oxygen atoms in total. The molecule has 0 bridgehead atoms. The van der Waals surface area contributed by atoms with Crippen molar-refractivity contribution < 1.29 is 32.2 Å². The largest absolute Gasteiger partial charge is 0.496 e. The van der Waals surface area contributed by atoms with Crippen LogP contribution in [0.2, 0.25) is 0 Å². The van der Waals surface area contributed by atoms with Crippen molar-refractivity contribution >= 4 is 11.8 Å². The Hall–Kier alpha value is -3.79. The number of carbonyl (C=O) groups is 2. The SMILES string of the molecule is COCCN(CC(=O)N1CCn2cccc2C1c1ccccc1OC)C(=O)c1ccc(C(F)(F)F)cc1. The highest BCUT2D eigenvalue weighted by Gasteiger charge is 2.35. The predicted molar refractivity (Wildman–Crippen MR) is 130 cm³/mol. The zero-order valence-electron chi connectivity index (χ0n) is 20.6. The topological polar surface area (TPSA) is 64.0 Å². The molecule has 1 aliphatic heterocycles. The van der Waals surface area contributed by atoms with Crippen LogP contribution >= 0.6 is 0 Å². The van der Waals surface area contributed by atoms with Crippen LogP contribution in [0, 0.1) is 0 Å². The molecular weight excluding hydrogens is 487 g/mol. The molecule has 196 valence electrons. The first-order chi connectivity index (χ1) is 17.7. The fraction of sp³-hybridized carbons (Fsp3) is 0.333. The number of aromatic nitrogens is 1. The van der Waals surface area contributed by atoms with Crippen LogP contribution in [-0.4, -0.2) is 66.6 Å². The highest BCUT2D eigenvalue weighted by molar-refractivity contribution is 5.96. The summed E-state index contributed by atoms with van der Waals surface area (Å²) >= 11 is 0. The zero-order valence-corrected chi connectivity index (χ0v) is 20.6. The fourth-order valence-corrected chi connectivity index (χ4v) is 4.56. The summed E-state index contributed by atoms with van der Waals surface area (Å²) in [6.45, 7) is 1.01. The van der Waals surface area contributed by atoms with Crippen LogP contribution in [0.5, 0.6) is 5.75 Å². The van der Waals surface area contributed by atoms with E-state index in [9.17, 15) is 22.8 Å². The van der Waals surface area contributed by atoms with Gasteiger partial charge in [0.15, 0.2) is 0 Å². The van der Waals surface area contributed by atoms with E-state index in [1.54, 1.807) is 12.0 Å². The Morgan fingerprint density at radius 2 is 1.73 bits per heavy atom. The van der Waals surface area contributed by atoms with Crippen molar-refractivity contribution in [3.05, 3.63) is 89.2 Å². The van der Waals surface area contributed by atoms with Crippen molar-refractivity contribution in [3.8, 4) is 5.75 Å². The van der Waals surface area contributed by atoms with Gasteiger partial charge in [0, 0.05) is 49.8 Å². The number of para-hydroxylation sites is 1. The summed E-state index contributed by atoms with van der Waals surface area (Å²) in [4.78, 5) is 30.0. The number of rotatable bonds is 8. The minimum Gasteiger partial charge on any atom is -0.496 e. The van der Waals surface area contributed by atoms with E-state index in [0.29, 0.717) is 18.8 Å². The van der Waals surface area contributed by atoms with E-state index in [1.165, 1.54) is 12.0 Å². The van der Waals surface area contributed by atoms with Crippen LogP contribution in [-0.2, 0) is 22.3 Å². The molecule has 2 aromatic carbocycles. The quantitative estimate of drug-likeness (QED) is 0.451. The van der Waals surface area contributed by atoms with Crippen LogP contribution in [0.1, 0.15) is 33.2 Å². The molecule has 2 amide bonds. The molecule has 0 spiro atoms. The second-order valence-electron chi connectivity index (χ2n) is 8.65. The number of amides is 2. The average Bonchev–Trinajstić information content (AvgIpc) is 3.38. The highest BCUT2D eigenvalue weighted by Crippen LogP contribution is 2.37. The lowest BCUT2D eigenvalue weighted by Crippen LogP contribution is -2.48. The molecule has 10 heteroatoms. The molecule has 0 fully saturated rings. The first-order valence-electron chi connectivity index (χ1n) is 11.8. The van der Waals surface area contributed by atoms with Gasteiger partial charge in [0.1, 0.15) is 18.3 Å². The number of fused-ring (bicyclic) bond motifs is 1. The standard InChI is InChI=1S/C27H28F3N3O4/c1-36-17-16-32(26(35)19-9-11-20(12-10-19)27(28,29)30)18-24(34)33-15-14-31-13-5-7-22(31)25(33)21-6-3-4-8-23(21)37-2/h3-13,25H,14-18H2,1-2H3. The Kier molecular flexibility index (Phi) is 7.87. The molecule has 0 aliphatic carbocycles. The van der Waals surface area contributed by atoms with Crippen LogP contribution in [0.4, 0.5) is 13.2 Å². The maximum atomic E-state index is 13.7. The van der Waals surface area contributed by atoms with Crippen molar-refractivity contribution in [3.63, 3.8) is 0 Å². The molecule has 1 unspecified atom stereocenters. The third kappa shape index (κ3) is 5.64. The number of halogens is 3. The summed E-state index contributed by atoms with van der Waals surface area (Å²) < 4.78 is 51.7. The fourth-order valence-electron chi connectivity index (χ4n) is 4.56. The summed E-state index contributed by atoms with van der Waals surface area (Å²) in [5.41, 5.74) is 0.947. The molecule has 0 radical (unpaired) electrons. The smallest absolute Gasteiger partial charge is 0.416 e. The summed E-state index contributed by atoms with van der Waals surface area (Å²) in [5.74, 6) is -0.204. The van der Waals surface area contributed by atoms with E-state index in [-0.39, 0.29) is 31.2 Å². The lowest BCUT2D eigenvalue weighted by Gasteiger charge is -2.39. The Balaban J connectivity index is 1.61. The number of benzene rings is 2. The van der Waals surface area contributed by atoms with Gasteiger partial charge in [0.2, 0.25) is 5.91 Å². The predicted octanol–water partition coefficient (Wildman–Crippen LogP) is 4.24. The second kappa shape index (κ2) is 11.1. The van der Waals surface area contributed by atoms with E-state index in [4.69, 9.17) is 9.47 Å². The third-order valence-electron chi connectivity index (χ3n) is 6.43. The number of alkyl halides is 3. The summed E-state index contributed by atoms with van der Waals surface area (Å²) in [5, 5.41) is 0. The van der Waals surface area contributed by atoms with Gasteiger partial charge in [0.25, 0.3) is 5.91 Å². The maximum Gasteiger partial charge on any atom is 0.416 e. The minimum absolute atomic E-state index is 0.0608. The first kappa shape index (κ1) is 26.3. The number of carbonyl (C=O) groups excluding carboxylic acids is 2. The Labute approximate surface area is 213 Å². The van der Waals surface area contributed by atoms with E-state index >= 15 is 0 Å². The van der Waals surface area contributed by atoms with Gasteiger partial charge in [0.05, 0.1) is 19.3 Å². The molecule has 1 atom stereocenters. The van der Waals surface area contributed by atoms with E-state index in [0.717, 1.165) is 35.5 Å². The Bertz CT molecular complexity index is 1240. The van der Waals surface area contributed by atoms with Crippen molar-refractivity contribution in [2.75, 3.05) is 40.5 Å². The summed E-state index contributed by atoms with van der Waals surface area (Å²) in [6, 6.07) is 14.9. The molecule has 0 saturated carbocycles. The Morgan fingerprint density at radius 3 is 2.41 bits per heavy atom. The number of methoxy groups -OCH3 is 2. The van der Waals surface area contributed by atoms with Gasteiger partial charge in [-0.2, -0.15) is 13.2 Å². The minimum atomic E-state index is -4.51. The lowest BCUT2D eigenvalue weighted by molar-refractivity contribution is -0.137. The molecule has 0 saturated heterocycles. The highest BCUT2D eigenvalue weighted by atomic mass is 19.4. The van der Waals surface area contributed by atoms with E-state index in [1.807, 2.05) is 42.6 Å². The van der Waals surface area contributed by atoms with Crippen LogP contribution < -0.4 is 4.74 Å². The second-order valence-corrected chi connectivity index (χ2v) is 8.65. The van der Waals surface area contributed by atoms with Crippen molar-refractivity contribution in [1.29, 1.82) is 0 Å². The first-order valence-corrected chi connectivity index (χ1v) is 11.8. The monoisotopic (exact) mass is 515 g/mol. The Morgan fingerprint density at radius 1 is 1.00 bits per heavy atom. The van der Waals surface area contributed by atoms with Gasteiger partial charge in [-0.15, -0.1) is 0 Å².